The fourth-order valence-electron chi connectivity index (χ4n) is 3.39. The second-order valence-electron chi connectivity index (χ2n) is 7.02. The van der Waals surface area contributed by atoms with Crippen molar-refractivity contribution in [3.05, 3.63) is 58.7 Å². The number of pyridine rings is 1. The lowest BCUT2D eigenvalue weighted by molar-refractivity contribution is 0.0980. The van der Waals surface area contributed by atoms with Gasteiger partial charge in [-0.2, -0.15) is 0 Å². The van der Waals surface area contributed by atoms with E-state index in [1.54, 1.807) is 19.1 Å². The molecule has 1 saturated heterocycles. The molecule has 7 heteroatoms. The summed E-state index contributed by atoms with van der Waals surface area (Å²) in [5.41, 5.74) is 7.99. The first kappa shape index (κ1) is 19.9. The molecule has 0 aliphatic carbocycles. The minimum absolute atomic E-state index is 0.108. The van der Waals surface area contributed by atoms with Crippen LogP contribution in [0.15, 0.2) is 30.5 Å². The van der Waals surface area contributed by atoms with Gasteiger partial charge in [0.1, 0.15) is 5.82 Å². The van der Waals surface area contributed by atoms with Gasteiger partial charge in [-0.25, -0.2) is 4.39 Å². The Hall–Kier alpha value is -2.80. The lowest BCUT2D eigenvalue weighted by Crippen LogP contribution is -2.35. The van der Waals surface area contributed by atoms with Crippen LogP contribution in [0.2, 0.25) is 0 Å². The van der Waals surface area contributed by atoms with E-state index in [-0.39, 0.29) is 23.8 Å². The molecule has 1 aliphatic rings. The minimum atomic E-state index is -0.538. The molecule has 0 unspecified atom stereocenters. The first-order valence-corrected chi connectivity index (χ1v) is 9.55. The van der Waals surface area contributed by atoms with Crippen LogP contribution in [0.5, 0.6) is 0 Å². The van der Waals surface area contributed by atoms with Gasteiger partial charge in [0.2, 0.25) is 0 Å². The first-order chi connectivity index (χ1) is 13.5. The van der Waals surface area contributed by atoms with Crippen molar-refractivity contribution >= 4 is 17.4 Å². The molecule has 0 atom stereocenters. The van der Waals surface area contributed by atoms with Gasteiger partial charge in [-0.05, 0) is 49.7 Å². The number of carbonyl (C=O) groups is 2. The van der Waals surface area contributed by atoms with Gasteiger partial charge in [-0.1, -0.05) is 13.0 Å². The number of carbonyl (C=O) groups excluding carboxylic acids is 2. The molecule has 148 valence electrons. The summed E-state index contributed by atoms with van der Waals surface area (Å²) >= 11 is 0. The van der Waals surface area contributed by atoms with Gasteiger partial charge < -0.3 is 16.4 Å². The lowest BCUT2D eigenvalue weighted by Gasteiger charge is -2.25. The molecule has 28 heavy (non-hydrogen) atoms. The first-order valence-electron chi connectivity index (χ1n) is 9.55. The molecule has 1 aromatic heterocycles. The van der Waals surface area contributed by atoms with Crippen molar-refractivity contribution in [2.75, 3.05) is 18.4 Å². The van der Waals surface area contributed by atoms with Gasteiger partial charge in [0.15, 0.2) is 5.78 Å². The van der Waals surface area contributed by atoms with E-state index in [4.69, 9.17) is 5.73 Å². The zero-order chi connectivity index (χ0) is 20.1. The van der Waals surface area contributed by atoms with E-state index >= 15 is 0 Å². The lowest BCUT2D eigenvalue weighted by atomic mass is 10.0. The van der Waals surface area contributed by atoms with E-state index in [9.17, 15) is 14.0 Å². The predicted molar refractivity (Wildman–Crippen MR) is 106 cm³/mol. The molecule has 1 fully saturated rings. The third kappa shape index (κ3) is 4.72. The van der Waals surface area contributed by atoms with Crippen molar-refractivity contribution < 1.29 is 14.0 Å². The Kier molecular flexibility index (Phi) is 6.36. The summed E-state index contributed by atoms with van der Waals surface area (Å²) in [4.78, 5) is 27.8. The largest absolute Gasteiger partial charge is 0.381 e. The van der Waals surface area contributed by atoms with Crippen molar-refractivity contribution in [1.29, 1.82) is 0 Å². The molecule has 2 aromatic rings. The second kappa shape index (κ2) is 8.93. The molecule has 1 aromatic carbocycles. The molecular weight excluding hydrogens is 359 g/mol. The van der Waals surface area contributed by atoms with E-state index in [0.717, 1.165) is 25.9 Å². The Balaban J connectivity index is 1.82. The van der Waals surface area contributed by atoms with E-state index in [1.165, 1.54) is 18.3 Å². The average molecular weight is 384 g/mol. The third-order valence-electron chi connectivity index (χ3n) is 4.97. The number of amides is 1. The number of anilines is 1. The summed E-state index contributed by atoms with van der Waals surface area (Å²) in [6, 6.07) is 6.67. The predicted octanol–water partition coefficient (Wildman–Crippen LogP) is 2.67. The fraction of sp³-hybridized carbons (Fsp3) is 0.381. The zero-order valence-corrected chi connectivity index (χ0v) is 15.9. The van der Waals surface area contributed by atoms with E-state index in [2.05, 4.69) is 15.6 Å². The fourth-order valence-corrected chi connectivity index (χ4v) is 3.39. The minimum Gasteiger partial charge on any atom is -0.381 e. The van der Waals surface area contributed by atoms with Crippen LogP contribution in [0.4, 0.5) is 10.1 Å². The highest BCUT2D eigenvalue weighted by molar-refractivity contribution is 5.98. The normalized spacial score (nSPS) is 14.6. The van der Waals surface area contributed by atoms with Gasteiger partial charge in [-0.3, -0.25) is 14.6 Å². The van der Waals surface area contributed by atoms with Crippen LogP contribution in [-0.4, -0.2) is 35.8 Å². The Morgan fingerprint density at radius 2 is 2.00 bits per heavy atom. The number of piperidine rings is 1. The number of rotatable bonds is 7. The van der Waals surface area contributed by atoms with E-state index in [0.29, 0.717) is 28.9 Å². The van der Waals surface area contributed by atoms with Crippen molar-refractivity contribution in [2.24, 2.45) is 5.73 Å². The SMILES string of the molecule is CCC(=O)c1ccc(Cc2cc(NC3CCNCC3)c(C(N)=O)cn2)cc1F. The molecule has 3 rings (SSSR count). The summed E-state index contributed by atoms with van der Waals surface area (Å²) in [6.45, 7) is 3.55. The standard InChI is InChI=1S/C21H25FN4O2/c1-2-20(27)16-4-3-13(10-18(16)22)9-15-11-19(17(12-25-15)21(23)28)26-14-5-7-24-8-6-14/h3-4,10-12,14,24H,2,5-9H2,1H3,(H2,23,28)(H,25,26). The van der Waals surface area contributed by atoms with Crippen molar-refractivity contribution in [2.45, 2.75) is 38.6 Å². The Morgan fingerprint density at radius 1 is 1.25 bits per heavy atom. The van der Waals surface area contributed by atoms with Gasteiger partial charge >= 0.3 is 0 Å². The Morgan fingerprint density at radius 3 is 2.64 bits per heavy atom. The number of nitrogens with two attached hydrogens (primary N) is 1. The molecule has 1 amide bonds. The summed E-state index contributed by atoms with van der Waals surface area (Å²) in [7, 11) is 0. The number of halogens is 1. The molecule has 4 N–H and O–H groups in total. The maximum Gasteiger partial charge on any atom is 0.252 e. The topological polar surface area (TPSA) is 97.1 Å². The second-order valence-corrected chi connectivity index (χ2v) is 7.02. The molecule has 0 spiro atoms. The summed E-state index contributed by atoms with van der Waals surface area (Å²) in [5, 5.41) is 6.70. The number of nitrogens with zero attached hydrogens (tertiary/aromatic N) is 1. The van der Waals surface area contributed by atoms with E-state index in [1.807, 2.05) is 0 Å². The number of aromatic nitrogens is 1. The highest BCUT2D eigenvalue weighted by Crippen LogP contribution is 2.22. The highest BCUT2D eigenvalue weighted by atomic mass is 19.1. The third-order valence-corrected chi connectivity index (χ3v) is 4.97. The van der Waals surface area contributed by atoms with Crippen LogP contribution < -0.4 is 16.4 Å². The smallest absolute Gasteiger partial charge is 0.252 e. The molecule has 0 saturated carbocycles. The zero-order valence-electron chi connectivity index (χ0n) is 15.9. The molecular formula is C21H25FN4O2. The summed E-state index contributed by atoms with van der Waals surface area (Å²) in [5.74, 6) is -1.28. The number of ketones is 1. The maximum absolute atomic E-state index is 14.2. The number of primary amides is 1. The van der Waals surface area contributed by atoms with Crippen LogP contribution >= 0.6 is 0 Å². The van der Waals surface area contributed by atoms with Crippen LogP contribution in [0.3, 0.4) is 0 Å². The van der Waals surface area contributed by atoms with Crippen LogP contribution in [0, 0.1) is 5.82 Å². The number of benzene rings is 1. The van der Waals surface area contributed by atoms with Crippen LogP contribution in [-0.2, 0) is 6.42 Å². The van der Waals surface area contributed by atoms with Gasteiger partial charge in [0.05, 0.1) is 16.8 Å². The van der Waals surface area contributed by atoms with Gasteiger partial charge in [-0.15, -0.1) is 0 Å². The Bertz CT molecular complexity index is 879. The highest BCUT2D eigenvalue weighted by Gasteiger charge is 2.17. The van der Waals surface area contributed by atoms with E-state index < -0.39 is 11.7 Å². The molecule has 2 heterocycles. The van der Waals surface area contributed by atoms with Gasteiger partial charge in [0.25, 0.3) is 5.91 Å². The summed E-state index contributed by atoms with van der Waals surface area (Å²) < 4.78 is 14.2. The average Bonchev–Trinajstić information content (AvgIpc) is 2.68. The quantitative estimate of drug-likeness (QED) is 0.638. The Labute approximate surface area is 163 Å². The maximum atomic E-state index is 14.2. The monoisotopic (exact) mass is 384 g/mol. The number of hydrogen-bond acceptors (Lipinski definition) is 5. The van der Waals surface area contributed by atoms with Crippen molar-refractivity contribution in [1.82, 2.24) is 10.3 Å². The van der Waals surface area contributed by atoms with Crippen LogP contribution in [0.25, 0.3) is 0 Å². The van der Waals surface area contributed by atoms with Crippen molar-refractivity contribution in [3.63, 3.8) is 0 Å². The number of hydrogen-bond donors (Lipinski definition) is 3. The van der Waals surface area contributed by atoms with Crippen molar-refractivity contribution in [3.8, 4) is 0 Å². The number of nitrogens with one attached hydrogen (secondary N) is 2. The summed E-state index contributed by atoms with van der Waals surface area (Å²) in [6.07, 6.45) is 4.02. The molecule has 0 radical (unpaired) electrons. The molecule has 1 aliphatic heterocycles. The molecule has 0 bridgehead atoms. The molecule has 6 nitrogen and oxygen atoms in total. The van der Waals surface area contributed by atoms with Gasteiger partial charge in [0, 0.05) is 30.8 Å². The van der Waals surface area contributed by atoms with Crippen LogP contribution in [0.1, 0.15) is 58.2 Å². The number of Topliss-reactive ketones (excluding diaryl/α,β-unsaturated/α-hetero) is 1.